The topological polar surface area (TPSA) is 374 Å². The van der Waals surface area contributed by atoms with Crippen molar-refractivity contribution < 1.29 is 110 Å². The van der Waals surface area contributed by atoms with Gasteiger partial charge in [-0.05, 0) is 118 Å². The number of imide groups is 1. The molecule has 29 nitrogen and oxygen atoms in total. The van der Waals surface area contributed by atoms with Crippen molar-refractivity contribution in [3.63, 3.8) is 0 Å². The minimum Gasteiger partial charge on any atom is -0.507 e. The number of carbonyl (C=O) groups excluding carboxylic acids is 7. The van der Waals surface area contributed by atoms with Gasteiger partial charge < -0.3 is 98.8 Å². The molecule has 0 radical (unpaired) electrons. The van der Waals surface area contributed by atoms with E-state index in [2.05, 4.69) is 21.3 Å². The lowest BCUT2D eigenvalue weighted by Crippen LogP contribution is -2.57. The zero-order valence-electron chi connectivity index (χ0n) is 47.9. The van der Waals surface area contributed by atoms with E-state index in [0.717, 1.165) is 4.90 Å². The Hall–Kier alpha value is -4.71. The molecule has 0 saturated carbocycles. The predicted octanol–water partition coefficient (Wildman–Crippen LogP) is 1.20. The van der Waals surface area contributed by atoms with E-state index >= 15 is 0 Å². The summed E-state index contributed by atoms with van der Waals surface area (Å²) in [5.41, 5.74) is 5.88. The van der Waals surface area contributed by atoms with Crippen molar-refractivity contribution in [1.29, 1.82) is 0 Å². The zero-order chi connectivity index (χ0) is 62.9. The number of nitrogens with zero attached hydrogens (tertiary/aromatic N) is 1. The van der Waals surface area contributed by atoms with Crippen molar-refractivity contribution in [3.05, 3.63) is 58.8 Å². The first kappa shape index (κ1) is 75.5. The molecule has 1 aliphatic rings. The highest BCUT2D eigenvalue weighted by atomic mass is 127. The number of aromatic hydroxyl groups is 1. The Balaban J connectivity index is 1.09. The van der Waals surface area contributed by atoms with Crippen LogP contribution in [-0.4, -0.2) is 245 Å². The van der Waals surface area contributed by atoms with Gasteiger partial charge in [0.05, 0.1) is 169 Å². The van der Waals surface area contributed by atoms with Crippen LogP contribution in [0.15, 0.2) is 42.5 Å². The number of aliphatic carboxylic acids is 1. The van der Waals surface area contributed by atoms with Crippen LogP contribution in [0.25, 0.3) is 0 Å². The fourth-order valence-electron chi connectivity index (χ4n) is 6.90. The highest BCUT2D eigenvalue weighted by molar-refractivity contribution is 14.1. The standard InChI is InChI=1S/C54H77I3N6O23/c1-36(51(69)61-43(35-46(58)65)52(70)62-44(53(71)72)33-38-31-41(56)49(42(57)32-38)86-39-3-4-45(64)40(55)34-39)59-50(68)37(2)60-54(73)85-30-29-84-28-27-83-26-25-82-24-23-81-22-21-80-20-19-79-18-17-78-16-15-77-14-13-76-12-11-75-10-9-74-8-7-63-47(66)5-6-48(63)67/h3-6,31-32,34,36-37,43-44,64H,7-30,33,35H2,1-2H3,(H2,58,65)(H,59,68)(H,60,73)(H,61,69)(H,62,70)(H,71,72)/t36-,37-,43+,44-/m0/s1. The highest BCUT2D eigenvalue weighted by Gasteiger charge is 2.31. The lowest BCUT2D eigenvalue weighted by molar-refractivity contribution is -0.142. The molecule has 0 bridgehead atoms. The average Bonchev–Trinajstić information content (AvgIpc) is 3.79. The maximum Gasteiger partial charge on any atom is 0.407 e. The molecule has 0 aliphatic carbocycles. The summed E-state index contributed by atoms with van der Waals surface area (Å²) in [5.74, 6) is -4.67. The first-order chi connectivity index (χ1) is 41.4. The molecule has 4 atom stereocenters. The van der Waals surface area contributed by atoms with Gasteiger partial charge in [0, 0.05) is 18.6 Å². The number of phenols is 1. The summed E-state index contributed by atoms with van der Waals surface area (Å²) in [6.45, 7) is 10.7. The summed E-state index contributed by atoms with van der Waals surface area (Å²) in [6, 6.07) is 2.54. The van der Waals surface area contributed by atoms with Gasteiger partial charge in [0.2, 0.25) is 23.6 Å². The van der Waals surface area contributed by atoms with Crippen molar-refractivity contribution in [1.82, 2.24) is 26.2 Å². The summed E-state index contributed by atoms with van der Waals surface area (Å²) in [5, 5.41) is 29.3. The molecule has 2 aromatic carbocycles. The number of phenolic OH excluding ortho intramolecular Hbond substituents is 1. The van der Waals surface area contributed by atoms with Crippen LogP contribution in [-0.2, 0) is 96.8 Å². The number of nitrogens with two attached hydrogens (primary N) is 1. The van der Waals surface area contributed by atoms with Crippen LogP contribution in [0.5, 0.6) is 17.2 Å². The molecular formula is C54H77I3N6O23. The monoisotopic (exact) mass is 1560 g/mol. The number of amides is 7. The minimum absolute atomic E-state index is 0.0402. The van der Waals surface area contributed by atoms with Crippen LogP contribution in [0.2, 0.25) is 0 Å². The second-order valence-electron chi connectivity index (χ2n) is 18.1. The summed E-state index contributed by atoms with van der Waals surface area (Å²) in [6.07, 6.45) is 0.670. The summed E-state index contributed by atoms with van der Waals surface area (Å²) in [4.78, 5) is 99.9. The Morgan fingerprint density at radius 1 is 0.512 bits per heavy atom. The molecule has 7 amide bonds. The molecule has 0 unspecified atom stereocenters. The zero-order valence-corrected chi connectivity index (χ0v) is 54.3. The molecule has 8 N–H and O–H groups in total. The van der Waals surface area contributed by atoms with Gasteiger partial charge in [0.15, 0.2) is 5.75 Å². The Morgan fingerprint density at radius 2 is 0.895 bits per heavy atom. The minimum atomic E-state index is -1.61. The van der Waals surface area contributed by atoms with Crippen molar-refractivity contribution in [2.75, 3.05) is 159 Å². The van der Waals surface area contributed by atoms with Gasteiger partial charge >= 0.3 is 12.1 Å². The molecule has 0 spiro atoms. The number of halogens is 3. The van der Waals surface area contributed by atoms with Gasteiger partial charge in [-0.25, -0.2) is 9.59 Å². The quantitative estimate of drug-likeness (QED) is 0.0278. The molecule has 1 aliphatic heterocycles. The van der Waals surface area contributed by atoms with Crippen LogP contribution in [0.4, 0.5) is 4.79 Å². The van der Waals surface area contributed by atoms with E-state index in [1.807, 2.05) is 67.8 Å². The fourth-order valence-corrected chi connectivity index (χ4v) is 9.51. The maximum atomic E-state index is 13.4. The number of benzene rings is 2. The lowest BCUT2D eigenvalue weighted by atomic mass is 10.0. The SMILES string of the molecule is C[C@H](NC(=O)OCCOCCOCCOCCOCCOCCOCCOCCOCCOCCOCCOCCN1C(=O)C=CC1=O)C(=O)N[C@@H](C)C(=O)N[C@H](CC(N)=O)C(=O)N[C@@H](Cc1cc(I)c(Oc2ccc(O)c(I)c2)c(I)c1)C(=O)O. The van der Waals surface area contributed by atoms with Crippen LogP contribution < -0.4 is 31.7 Å². The second-order valence-corrected chi connectivity index (χ2v) is 21.6. The number of primary amides is 1. The highest BCUT2D eigenvalue weighted by Crippen LogP contribution is 2.35. The van der Waals surface area contributed by atoms with Crippen LogP contribution in [0, 0.1) is 10.7 Å². The van der Waals surface area contributed by atoms with Crippen LogP contribution >= 0.6 is 67.8 Å². The third-order valence-corrected chi connectivity index (χ3v) is 13.8. The molecule has 0 saturated heterocycles. The first-order valence-corrected chi connectivity index (χ1v) is 30.5. The number of hydrogen-bond acceptors (Lipinski definition) is 22. The summed E-state index contributed by atoms with van der Waals surface area (Å²) >= 11 is 6.03. The molecule has 32 heteroatoms. The average molecular weight is 1560 g/mol. The van der Waals surface area contributed by atoms with E-state index in [0.29, 0.717) is 147 Å². The van der Waals surface area contributed by atoms with Crippen molar-refractivity contribution >= 4 is 115 Å². The Morgan fingerprint density at radius 3 is 1.30 bits per heavy atom. The Kier molecular flexibility index (Phi) is 40.0. The Bertz CT molecular complexity index is 2410. The largest absolute Gasteiger partial charge is 0.507 e. The van der Waals surface area contributed by atoms with Crippen molar-refractivity contribution in [3.8, 4) is 17.2 Å². The lowest BCUT2D eigenvalue weighted by Gasteiger charge is -2.23. The van der Waals surface area contributed by atoms with E-state index in [1.165, 1.54) is 32.1 Å². The molecule has 86 heavy (non-hydrogen) atoms. The van der Waals surface area contributed by atoms with Crippen molar-refractivity contribution in [2.45, 2.75) is 50.9 Å². The van der Waals surface area contributed by atoms with Gasteiger partial charge in [0.1, 0.15) is 42.3 Å². The van der Waals surface area contributed by atoms with E-state index in [4.69, 9.17) is 67.3 Å². The van der Waals surface area contributed by atoms with E-state index in [1.54, 1.807) is 24.3 Å². The number of carboxylic acid groups (broad SMARTS) is 1. The van der Waals surface area contributed by atoms with Crippen LogP contribution in [0.1, 0.15) is 25.8 Å². The fraction of sp³-hybridized carbons (Fsp3) is 0.593. The van der Waals surface area contributed by atoms with Crippen molar-refractivity contribution in [2.24, 2.45) is 5.73 Å². The van der Waals surface area contributed by atoms with Gasteiger partial charge in [-0.15, -0.1) is 0 Å². The third-order valence-electron chi connectivity index (χ3n) is 11.3. The summed E-state index contributed by atoms with van der Waals surface area (Å²) in [7, 11) is 0. The molecule has 482 valence electrons. The number of carboxylic acids is 1. The van der Waals surface area contributed by atoms with E-state index < -0.39 is 66.3 Å². The molecule has 1 heterocycles. The molecule has 0 fully saturated rings. The number of alkyl carbamates (subject to hydrolysis) is 1. The summed E-state index contributed by atoms with van der Waals surface area (Å²) < 4.78 is 72.9. The van der Waals surface area contributed by atoms with Crippen LogP contribution in [0.3, 0.4) is 0 Å². The Labute approximate surface area is 539 Å². The van der Waals surface area contributed by atoms with E-state index in [-0.39, 0.29) is 63.6 Å². The third kappa shape index (κ3) is 33.6. The van der Waals surface area contributed by atoms with Gasteiger partial charge in [-0.1, -0.05) is 0 Å². The predicted molar refractivity (Wildman–Crippen MR) is 328 cm³/mol. The number of hydrogen-bond donors (Lipinski definition) is 7. The van der Waals surface area contributed by atoms with Gasteiger partial charge in [0.25, 0.3) is 11.8 Å². The maximum absolute atomic E-state index is 13.4. The smallest absolute Gasteiger partial charge is 0.407 e. The number of rotatable bonds is 50. The number of nitrogens with one attached hydrogen (secondary N) is 4. The second kappa shape index (κ2) is 45.5. The first-order valence-electron chi connectivity index (χ1n) is 27.2. The van der Waals surface area contributed by atoms with Gasteiger partial charge in [-0.3, -0.25) is 33.7 Å². The van der Waals surface area contributed by atoms with Gasteiger partial charge in [-0.2, -0.15) is 0 Å². The molecular weight excluding hydrogens is 1480 g/mol. The number of carbonyl (C=O) groups is 8. The molecule has 3 rings (SSSR count). The molecule has 2 aromatic rings. The normalized spacial score (nSPS) is 13.5. The number of ether oxygens (including phenoxy) is 13. The molecule has 0 aromatic heterocycles. The van der Waals surface area contributed by atoms with E-state index in [9.17, 15) is 48.6 Å².